The first kappa shape index (κ1) is 17.9. The van der Waals surface area contributed by atoms with Crippen LogP contribution in [0, 0.1) is 12.8 Å². The molecule has 0 aliphatic rings. The maximum Gasteiger partial charge on any atom is 0.302 e. The average Bonchev–Trinajstić information content (AvgIpc) is 2.83. The number of imidazole rings is 1. The van der Waals surface area contributed by atoms with Gasteiger partial charge in [-0.25, -0.2) is 4.98 Å². The molecule has 0 amide bonds. The van der Waals surface area contributed by atoms with Crippen LogP contribution in [0.3, 0.4) is 0 Å². The molecule has 0 radical (unpaired) electrons. The number of benzene rings is 1. The highest BCUT2D eigenvalue weighted by molar-refractivity contribution is 6.02. The second-order valence-corrected chi connectivity index (χ2v) is 6.10. The standard InChI is InChI=1S/C15H17N3.C4H8O2/c1-10(2)9-18-11(3)17-14-8-16-13-7-5-4-6-12(13)15(14)18;1-3-6-4(2)5/h4-8,10H,9H2,1-3H3;3H2,1-2H3. The van der Waals surface area contributed by atoms with E-state index < -0.39 is 0 Å². The third-order valence-corrected chi connectivity index (χ3v) is 3.57. The van der Waals surface area contributed by atoms with E-state index in [0.717, 1.165) is 23.4 Å². The van der Waals surface area contributed by atoms with E-state index in [1.807, 2.05) is 12.3 Å². The lowest BCUT2D eigenvalue weighted by atomic mass is 10.1. The SMILES string of the molecule is CCOC(C)=O.Cc1nc2cnc3ccccc3c2n1CC(C)C. The van der Waals surface area contributed by atoms with E-state index in [2.05, 4.69) is 58.2 Å². The lowest BCUT2D eigenvalue weighted by Gasteiger charge is -2.10. The number of aryl methyl sites for hydroxylation is 1. The van der Waals surface area contributed by atoms with Gasteiger partial charge in [-0.05, 0) is 25.8 Å². The van der Waals surface area contributed by atoms with E-state index in [1.54, 1.807) is 6.92 Å². The van der Waals surface area contributed by atoms with Gasteiger partial charge in [0.15, 0.2) is 0 Å². The minimum Gasteiger partial charge on any atom is -0.466 e. The van der Waals surface area contributed by atoms with Crippen molar-refractivity contribution in [1.82, 2.24) is 14.5 Å². The van der Waals surface area contributed by atoms with E-state index >= 15 is 0 Å². The van der Waals surface area contributed by atoms with Crippen LogP contribution in [-0.4, -0.2) is 27.1 Å². The third kappa shape index (κ3) is 4.10. The Morgan fingerprint density at radius 3 is 2.54 bits per heavy atom. The summed E-state index contributed by atoms with van der Waals surface area (Å²) in [7, 11) is 0. The van der Waals surface area contributed by atoms with Gasteiger partial charge in [0.1, 0.15) is 11.3 Å². The Bertz CT molecular complexity index is 837. The van der Waals surface area contributed by atoms with E-state index in [9.17, 15) is 4.79 Å². The molecule has 0 fully saturated rings. The van der Waals surface area contributed by atoms with Crippen molar-refractivity contribution in [2.45, 2.75) is 41.2 Å². The molecule has 3 rings (SSSR count). The zero-order chi connectivity index (χ0) is 17.7. The minimum absolute atomic E-state index is 0.211. The largest absolute Gasteiger partial charge is 0.466 e. The zero-order valence-electron chi connectivity index (χ0n) is 15.0. The molecule has 128 valence electrons. The van der Waals surface area contributed by atoms with Crippen molar-refractivity contribution in [3.63, 3.8) is 0 Å². The predicted molar refractivity (Wildman–Crippen MR) is 96.9 cm³/mol. The maximum absolute atomic E-state index is 9.82. The van der Waals surface area contributed by atoms with Gasteiger partial charge >= 0.3 is 5.97 Å². The Morgan fingerprint density at radius 1 is 1.25 bits per heavy atom. The topological polar surface area (TPSA) is 57.0 Å². The Balaban J connectivity index is 0.000000301. The molecular weight excluding hydrogens is 302 g/mol. The van der Waals surface area contributed by atoms with Gasteiger partial charge < -0.3 is 9.30 Å². The average molecular weight is 327 g/mol. The summed E-state index contributed by atoms with van der Waals surface area (Å²) in [6.07, 6.45) is 1.88. The normalized spacial score (nSPS) is 10.8. The Hall–Kier alpha value is -2.43. The maximum atomic E-state index is 9.82. The minimum atomic E-state index is -0.211. The quantitative estimate of drug-likeness (QED) is 0.679. The molecule has 0 aliphatic carbocycles. The number of fused-ring (bicyclic) bond motifs is 3. The molecule has 2 heterocycles. The van der Waals surface area contributed by atoms with Crippen LogP contribution in [-0.2, 0) is 16.1 Å². The first-order valence-electron chi connectivity index (χ1n) is 8.28. The second kappa shape index (κ2) is 7.90. The second-order valence-electron chi connectivity index (χ2n) is 6.10. The van der Waals surface area contributed by atoms with Crippen LogP contribution in [0.5, 0.6) is 0 Å². The molecular formula is C19H25N3O2. The number of hydrogen-bond acceptors (Lipinski definition) is 4. The van der Waals surface area contributed by atoms with Crippen molar-refractivity contribution in [2.24, 2.45) is 5.92 Å². The lowest BCUT2D eigenvalue weighted by Crippen LogP contribution is -2.06. The summed E-state index contributed by atoms with van der Waals surface area (Å²) in [5, 5.41) is 1.19. The summed E-state index contributed by atoms with van der Waals surface area (Å²) < 4.78 is 6.71. The predicted octanol–water partition coefficient (Wildman–Crippen LogP) is 4.12. The summed E-state index contributed by atoms with van der Waals surface area (Å²) in [6.45, 7) is 11.2. The number of ether oxygens (including phenoxy) is 1. The summed E-state index contributed by atoms with van der Waals surface area (Å²) in [5.41, 5.74) is 3.24. The third-order valence-electron chi connectivity index (χ3n) is 3.57. The highest BCUT2D eigenvalue weighted by Gasteiger charge is 2.12. The fourth-order valence-electron chi connectivity index (χ4n) is 2.67. The monoisotopic (exact) mass is 327 g/mol. The van der Waals surface area contributed by atoms with Gasteiger partial charge in [0.25, 0.3) is 0 Å². The number of aromatic nitrogens is 3. The van der Waals surface area contributed by atoms with Crippen molar-refractivity contribution in [3.8, 4) is 0 Å². The number of hydrogen-bond donors (Lipinski definition) is 0. The molecule has 0 unspecified atom stereocenters. The van der Waals surface area contributed by atoms with Gasteiger partial charge in [0, 0.05) is 18.9 Å². The summed E-state index contributed by atoms with van der Waals surface area (Å²) in [5.74, 6) is 1.46. The van der Waals surface area contributed by atoms with E-state index in [1.165, 1.54) is 17.8 Å². The van der Waals surface area contributed by atoms with Crippen molar-refractivity contribution in [3.05, 3.63) is 36.3 Å². The molecule has 0 N–H and O–H groups in total. The molecule has 24 heavy (non-hydrogen) atoms. The fourth-order valence-corrected chi connectivity index (χ4v) is 2.67. The molecule has 0 bridgehead atoms. The Labute approximate surface area is 142 Å². The molecule has 5 nitrogen and oxygen atoms in total. The number of carbonyl (C=O) groups excluding carboxylic acids is 1. The van der Waals surface area contributed by atoms with Gasteiger partial charge in [-0.1, -0.05) is 32.0 Å². The van der Waals surface area contributed by atoms with Crippen LogP contribution >= 0.6 is 0 Å². The molecule has 0 aliphatic heterocycles. The smallest absolute Gasteiger partial charge is 0.302 e. The first-order valence-corrected chi connectivity index (χ1v) is 8.28. The molecule has 0 saturated heterocycles. The van der Waals surface area contributed by atoms with Crippen LogP contribution in [0.15, 0.2) is 30.5 Å². The zero-order valence-corrected chi connectivity index (χ0v) is 15.0. The van der Waals surface area contributed by atoms with Gasteiger partial charge in [-0.2, -0.15) is 0 Å². The van der Waals surface area contributed by atoms with Gasteiger partial charge in [-0.3, -0.25) is 9.78 Å². The van der Waals surface area contributed by atoms with Gasteiger partial charge in [-0.15, -0.1) is 0 Å². The van der Waals surface area contributed by atoms with Crippen LogP contribution in [0.1, 0.15) is 33.5 Å². The van der Waals surface area contributed by atoms with Crippen LogP contribution < -0.4 is 0 Å². The Morgan fingerprint density at radius 2 is 1.96 bits per heavy atom. The van der Waals surface area contributed by atoms with Crippen molar-refractivity contribution < 1.29 is 9.53 Å². The van der Waals surface area contributed by atoms with E-state index in [4.69, 9.17) is 0 Å². The van der Waals surface area contributed by atoms with Crippen molar-refractivity contribution in [2.75, 3.05) is 6.61 Å². The highest BCUT2D eigenvalue weighted by Crippen LogP contribution is 2.25. The van der Waals surface area contributed by atoms with Crippen molar-refractivity contribution in [1.29, 1.82) is 0 Å². The molecule has 3 aromatic rings. The van der Waals surface area contributed by atoms with Gasteiger partial charge in [0.2, 0.25) is 0 Å². The summed E-state index contributed by atoms with van der Waals surface area (Å²) in [4.78, 5) is 18.9. The molecule has 0 atom stereocenters. The van der Waals surface area contributed by atoms with E-state index in [0.29, 0.717) is 12.5 Å². The fraction of sp³-hybridized carbons (Fsp3) is 0.421. The molecule has 5 heteroatoms. The number of para-hydroxylation sites is 1. The number of rotatable bonds is 3. The molecule has 0 saturated carbocycles. The highest BCUT2D eigenvalue weighted by atomic mass is 16.5. The van der Waals surface area contributed by atoms with Crippen molar-refractivity contribution >= 4 is 27.9 Å². The number of carbonyl (C=O) groups is 1. The number of esters is 1. The van der Waals surface area contributed by atoms with Crippen LogP contribution in [0.4, 0.5) is 0 Å². The van der Waals surface area contributed by atoms with Gasteiger partial charge in [0.05, 0.1) is 23.8 Å². The summed E-state index contributed by atoms with van der Waals surface area (Å²) in [6, 6.07) is 8.27. The van der Waals surface area contributed by atoms with Crippen LogP contribution in [0.25, 0.3) is 21.9 Å². The summed E-state index contributed by atoms with van der Waals surface area (Å²) >= 11 is 0. The first-order chi connectivity index (χ1) is 11.4. The van der Waals surface area contributed by atoms with E-state index in [-0.39, 0.29) is 5.97 Å². The molecule has 2 aromatic heterocycles. The Kier molecular flexibility index (Phi) is 5.90. The lowest BCUT2D eigenvalue weighted by molar-refractivity contribution is -0.140. The molecule has 0 spiro atoms. The molecule has 1 aromatic carbocycles. The number of pyridine rings is 1. The number of nitrogens with zero attached hydrogens (tertiary/aromatic N) is 3. The van der Waals surface area contributed by atoms with Crippen LogP contribution in [0.2, 0.25) is 0 Å².